The Bertz CT molecular complexity index is 580. The van der Waals surface area contributed by atoms with E-state index in [0.717, 1.165) is 30.6 Å². The molecule has 2 N–H and O–H groups in total. The van der Waals surface area contributed by atoms with E-state index in [4.69, 9.17) is 4.74 Å². The van der Waals surface area contributed by atoms with Crippen LogP contribution in [0.25, 0.3) is 0 Å². The lowest BCUT2D eigenvalue weighted by Gasteiger charge is -2.18. The second-order valence-corrected chi connectivity index (χ2v) is 5.87. The van der Waals surface area contributed by atoms with Crippen LogP contribution in [-0.2, 0) is 16.0 Å². The Balaban J connectivity index is 1.77. The number of ether oxygens (including phenoxy) is 1. The summed E-state index contributed by atoms with van der Waals surface area (Å²) in [5.41, 5.74) is 1.60. The van der Waals surface area contributed by atoms with Crippen LogP contribution in [0.2, 0.25) is 0 Å². The number of fused-ring (bicyclic) bond motifs is 1. The molecule has 1 amide bonds. The van der Waals surface area contributed by atoms with Crippen molar-refractivity contribution in [2.24, 2.45) is 11.8 Å². The van der Waals surface area contributed by atoms with Gasteiger partial charge in [0.1, 0.15) is 5.75 Å². The minimum atomic E-state index is -1.04. The molecule has 1 fully saturated rings. The highest BCUT2D eigenvalue weighted by atomic mass is 16.5. The van der Waals surface area contributed by atoms with E-state index in [9.17, 15) is 14.7 Å². The fourth-order valence-corrected chi connectivity index (χ4v) is 2.76. The maximum Gasteiger partial charge on any atom is 0.330 e. The van der Waals surface area contributed by atoms with Gasteiger partial charge >= 0.3 is 5.97 Å². The molecule has 0 spiro atoms. The van der Waals surface area contributed by atoms with Gasteiger partial charge in [-0.05, 0) is 42.0 Å². The predicted octanol–water partition coefficient (Wildman–Crippen LogP) is 1.91. The number of carboxylic acids is 1. The fourth-order valence-electron chi connectivity index (χ4n) is 2.76. The average molecular weight is 289 g/mol. The summed E-state index contributed by atoms with van der Waals surface area (Å²) in [6.07, 6.45) is 2.90. The van der Waals surface area contributed by atoms with Gasteiger partial charge in [0.15, 0.2) is 6.04 Å². The van der Waals surface area contributed by atoms with Crippen molar-refractivity contribution in [2.45, 2.75) is 32.2 Å². The summed E-state index contributed by atoms with van der Waals surface area (Å²) in [4.78, 5) is 23.6. The topological polar surface area (TPSA) is 75.6 Å². The zero-order valence-corrected chi connectivity index (χ0v) is 12.0. The Kier molecular flexibility index (Phi) is 3.57. The minimum Gasteiger partial charge on any atom is -0.493 e. The van der Waals surface area contributed by atoms with E-state index in [-0.39, 0.29) is 11.8 Å². The van der Waals surface area contributed by atoms with Crippen molar-refractivity contribution in [1.82, 2.24) is 5.32 Å². The zero-order chi connectivity index (χ0) is 15.0. The van der Waals surface area contributed by atoms with Crippen molar-refractivity contribution in [3.8, 4) is 5.75 Å². The second kappa shape index (κ2) is 5.39. The van der Waals surface area contributed by atoms with Crippen LogP contribution in [0.4, 0.5) is 0 Å². The molecule has 112 valence electrons. The molecular weight excluding hydrogens is 270 g/mol. The van der Waals surface area contributed by atoms with Crippen molar-refractivity contribution in [2.75, 3.05) is 6.61 Å². The summed E-state index contributed by atoms with van der Waals surface area (Å²) in [6.45, 7) is 2.49. The third kappa shape index (κ3) is 2.86. The average Bonchev–Trinajstić information content (AvgIpc) is 3.20. The molecule has 2 unspecified atom stereocenters. The molecule has 1 aromatic carbocycles. The van der Waals surface area contributed by atoms with E-state index in [0.29, 0.717) is 18.1 Å². The van der Waals surface area contributed by atoms with Crippen LogP contribution in [0.5, 0.6) is 5.75 Å². The highest BCUT2D eigenvalue weighted by Crippen LogP contribution is 2.37. The number of benzene rings is 1. The largest absolute Gasteiger partial charge is 0.493 e. The summed E-state index contributed by atoms with van der Waals surface area (Å²) in [5, 5.41) is 12.1. The van der Waals surface area contributed by atoms with Gasteiger partial charge in [-0.25, -0.2) is 4.79 Å². The smallest absolute Gasteiger partial charge is 0.330 e. The number of carbonyl (C=O) groups excluding carboxylic acids is 1. The van der Waals surface area contributed by atoms with Crippen LogP contribution in [-0.4, -0.2) is 23.6 Å². The molecule has 2 aliphatic rings. The summed E-state index contributed by atoms with van der Waals surface area (Å²) in [6, 6.07) is 4.32. The first kappa shape index (κ1) is 13.9. The SMILES string of the molecule is CC(C(=O)NC(C(=O)O)c1ccc2c(c1)CCO2)C1CC1. The Morgan fingerprint density at radius 2 is 2.14 bits per heavy atom. The summed E-state index contributed by atoms with van der Waals surface area (Å²) >= 11 is 0. The molecular formula is C16H19NO4. The molecule has 5 nitrogen and oxygen atoms in total. The molecule has 21 heavy (non-hydrogen) atoms. The van der Waals surface area contributed by atoms with Crippen molar-refractivity contribution >= 4 is 11.9 Å². The van der Waals surface area contributed by atoms with Crippen molar-refractivity contribution in [3.63, 3.8) is 0 Å². The maximum atomic E-state index is 12.1. The van der Waals surface area contributed by atoms with Gasteiger partial charge < -0.3 is 15.2 Å². The normalized spacial score (nSPS) is 19.3. The van der Waals surface area contributed by atoms with Gasteiger partial charge in [-0.1, -0.05) is 13.0 Å². The molecule has 1 heterocycles. The lowest BCUT2D eigenvalue weighted by molar-refractivity contribution is -0.142. The number of carbonyl (C=O) groups is 2. The first-order chi connectivity index (χ1) is 10.1. The van der Waals surface area contributed by atoms with E-state index < -0.39 is 12.0 Å². The van der Waals surface area contributed by atoms with Crippen molar-refractivity contribution < 1.29 is 19.4 Å². The second-order valence-electron chi connectivity index (χ2n) is 5.87. The summed E-state index contributed by atoms with van der Waals surface area (Å²) < 4.78 is 5.42. The van der Waals surface area contributed by atoms with Crippen LogP contribution >= 0.6 is 0 Å². The van der Waals surface area contributed by atoms with Gasteiger partial charge in [0.05, 0.1) is 6.61 Å². The fraction of sp³-hybridized carbons (Fsp3) is 0.500. The van der Waals surface area contributed by atoms with E-state index >= 15 is 0 Å². The molecule has 1 aliphatic carbocycles. The first-order valence-corrected chi connectivity index (χ1v) is 7.35. The standard InChI is InChI=1S/C16H19NO4/c1-9(10-2-3-10)15(18)17-14(16(19)20)12-4-5-13-11(8-12)6-7-21-13/h4-5,8-10,14H,2-3,6-7H2,1H3,(H,17,18)(H,19,20). The van der Waals surface area contributed by atoms with E-state index in [2.05, 4.69) is 5.32 Å². The maximum absolute atomic E-state index is 12.1. The third-order valence-electron chi connectivity index (χ3n) is 4.32. The number of nitrogens with one attached hydrogen (secondary N) is 1. The van der Waals surface area contributed by atoms with Crippen LogP contribution in [0.15, 0.2) is 18.2 Å². The molecule has 0 bridgehead atoms. The molecule has 5 heteroatoms. The van der Waals surface area contributed by atoms with Gasteiger partial charge in [-0.2, -0.15) is 0 Å². The lowest BCUT2D eigenvalue weighted by atomic mass is 10.0. The Morgan fingerprint density at radius 1 is 1.38 bits per heavy atom. The quantitative estimate of drug-likeness (QED) is 0.868. The zero-order valence-electron chi connectivity index (χ0n) is 12.0. The minimum absolute atomic E-state index is 0.121. The van der Waals surface area contributed by atoms with Crippen LogP contribution in [0.1, 0.15) is 36.9 Å². The molecule has 1 aliphatic heterocycles. The number of carboxylic acid groups (broad SMARTS) is 1. The predicted molar refractivity (Wildman–Crippen MR) is 76.0 cm³/mol. The molecule has 1 saturated carbocycles. The Morgan fingerprint density at radius 3 is 2.81 bits per heavy atom. The highest BCUT2D eigenvalue weighted by Gasteiger charge is 2.34. The highest BCUT2D eigenvalue weighted by molar-refractivity contribution is 5.86. The van der Waals surface area contributed by atoms with Gasteiger partial charge in [0.2, 0.25) is 5.91 Å². The number of hydrogen-bond acceptors (Lipinski definition) is 3. The number of aliphatic carboxylic acids is 1. The van der Waals surface area contributed by atoms with E-state index in [1.165, 1.54) is 0 Å². The first-order valence-electron chi connectivity index (χ1n) is 7.35. The monoisotopic (exact) mass is 289 g/mol. The van der Waals surface area contributed by atoms with Crippen LogP contribution < -0.4 is 10.1 Å². The molecule has 0 radical (unpaired) electrons. The number of rotatable bonds is 5. The molecule has 0 aromatic heterocycles. The van der Waals surface area contributed by atoms with E-state index in [1.54, 1.807) is 12.1 Å². The molecule has 2 atom stereocenters. The van der Waals surface area contributed by atoms with Crippen molar-refractivity contribution in [3.05, 3.63) is 29.3 Å². The van der Waals surface area contributed by atoms with Crippen molar-refractivity contribution in [1.29, 1.82) is 0 Å². The third-order valence-corrected chi connectivity index (χ3v) is 4.32. The number of hydrogen-bond donors (Lipinski definition) is 2. The van der Waals surface area contributed by atoms with Gasteiger partial charge in [0, 0.05) is 12.3 Å². The van der Waals surface area contributed by atoms with E-state index in [1.807, 2.05) is 13.0 Å². The van der Waals surface area contributed by atoms with Gasteiger partial charge in [-0.3, -0.25) is 4.79 Å². The van der Waals surface area contributed by atoms with Gasteiger partial charge in [-0.15, -0.1) is 0 Å². The number of amides is 1. The Labute approximate surface area is 123 Å². The van der Waals surface area contributed by atoms with Crippen LogP contribution in [0, 0.1) is 11.8 Å². The summed E-state index contributed by atoms with van der Waals surface area (Å²) in [7, 11) is 0. The molecule has 3 rings (SSSR count). The summed E-state index contributed by atoms with van der Waals surface area (Å²) in [5.74, 6) is -0.120. The van der Waals surface area contributed by atoms with Gasteiger partial charge in [0.25, 0.3) is 0 Å². The molecule has 1 aromatic rings. The molecule has 0 saturated heterocycles. The van der Waals surface area contributed by atoms with Crippen LogP contribution in [0.3, 0.4) is 0 Å². The Hall–Kier alpha value is -2.04. The lowest BCUT2D eigenvalue weighted by Crippen LogP contribution is -2.37.